The third-order valence-corrected chi connectivity index (χ3v) is 3.58. The SMILES string of the molecule is C#CCNC(=O)COc1ccc(S(=O)(=O)Cl)cc1Cl. The first kappa shape index (κ1) is 15.6. The highest BCUT2D eigenvalue weighted by atomic mass is 35.7. The molecule has 0 fully saturated rings. The summed E-state index contributed by atoms with van der Waals surface area (Å²) >= 11 is 5.81. The van der Waals surface area contributed by atoms with Crippen LogP contribution in [0.4, 0.5) is 0 Å². The van der Waals surface area contributed by atoms with Crippen LogP contribution in [0.25, 0.3) is 0 Å². The molecule has 0 aliphatic rings. The van der Waals surface area contributed by atoms with Gasteiger partial charge in [0.15, 0.2) is 6.61 Å². The molecule has 8 heteroatoms. The van der Waals surface area contributed by atoms with E-state index in [0.29, 0.717) is 0 Å². The summed E-state index contributed by atoms with van der Waals surface area (Å²) in [6.45, 7) is -0.187. The maximum absolute atomic E-state index is 11.2. The lowest BCUT2D eigenvalue weighted by molar-refractivity contribution is -0.122. The third-order valence-electron chi connectivity index (χ3n) is 1.93. The molecule has 1 aromatic carbocycles. The fourth-order valence-electron chi connectivity index (χ4n) is 1.09. The van der Waals surface area contributed by atoms with E-state index in [9.17, 15) is 13.2 Å². The van der Waals surface area contributed by atoms with E-state index in [0.717, 1.165) is 6.07 Å². The van der Waals surface area contributed by atoms with Crippen molar-refractivity contribution in [1.29, 1.82) is 0 Å². The van der Waals surface area contributed by atoms with E-state index in [1.54, 1.807) is 0 Å². The fraction of sp³-hybridized carbons (Fsp3) is 0.182. The molecular weight excluding hydrogens is 313 g/mol. The Balaban J connectivity index is 2.71. The van der Waals surface area contributed by atoms with E-state index in [-0.39, 0.29) is 28.8 Å². The third kappa shape index (κ3) is 4.99. The Bertz CT molecular complexity index is 622. The van der Waals surface area contributed by atoms with Crippen molar-refractivity contribution in [2.75, 3.05) is 13.2 Å². The standard InChI is InChI=1S/C11H9Cl2NO4S/c1-2-5-14-11(15)7-18-10-4-3-8(6-9(10)12)19(13,16)17/h1,3-4,6H,5,7H2,(H,14,15). The number of halogens is 2. The van der Waals surface area contributed by atoms with Crippen LogP contribution >= 0.6 is 22.3 Å². The highest BCUT2D eigenvalue weighted by Crippen LogP contribution is 2.28. The van der Waals surface area contributed by atoms with Crippen LogP contribution in [-0.4, -0.2) is 27.5 Å². The smallest absolute Gasteiger partial charge is 0.261 e. The van der Waals surface area contributed by atoms with Crippen LogP contribution < -0.4 is 10.1 Å². The topological polar surface area (TPSA) is 72.5 Å². The molecule has 1 N–H and O–H groups in total. The summed E-state index contributed by atoms with van der Waals surface area (Å²) in [4.78, 5) is 11.1. The van der Waals surface area contributed by atoms with Gasteiger partial charge in [-0.1, -0.05) is 17.5 Å². The van der Waals surface area contributed by atoms with Gasteiger partial charge in [0.05, 0.1) is 16.5 Å². The minimum absolute atomic E-state index is 0.0338. The Hall–Kier alpha value is -1.42. The first-order chi connectivity index (χ1) is 8.84. The fourth-order valence-corrected chi connectivity index (χ4v) is 2.17. The van der Waals surface area contributed by atoms with Crippen LogP contribution in [0.15, 0.2) is 23.1 Å². The van der Waals surface area contributed by atoms with Gasteiger partial charge in [0.25, 0.3) is 15.0 Å². The number of hydrogen-bond acceptors (Lipinski definition) is 4. The summed E-state index contributed by atoms with van der Waals surface area (Å²) in [5.41, 5.74) is 0. The molecule has 0 saturated heterocycles. The molecule has 0 radical (unpaired) electrons. The molecular formula is C11H9Cl2NO4S. The molecule has 0 bridgehead atoms. The summed E-state index contributed by atoms with van der Waals surface area (Å²) in [5, 5.41) is 2.43. The molecule has 0 aliphatic heterocycles. The van der Waals surface area contributed by atoms with Crippen molar-refractivity contribution >= 4 is 37.2 Å². The lowest BCUT2D eigenvalue weighted by Crippen LogP contribution is -2.29. The minimum Gasteiger partial charge on any atom is -0.482 e. The van der Waals surface area contributed by atoms with Gasteiger partial charge in [0, 0.05) is 10.7 Å². The average Bonchev–Trinajstić information content (AvgIpc) is 2.33. The molecule has 0 heterocycles. The van der Waals surface area contributed by atoms with Crippen molar-refractivity contribution in [2.45, 2.75) is 4.90 Å². The maximum Gasteiger partial charge on any atom is 0.261 e. The Kier molecular flexibility index (Phi) is 5.48. The normalized spacial score (nSPS) is 10.6. The first-order valence-corrected chi connectivity index (χ1v) is 7.60. The van der Waals surface area contributed by atoms with E-state index >= 15 is 0 Å². The molecule has 0 atom stereocenters. The maximum atomic E-state index is 11.2. The summed E-state index contributed by atoms with van der Waals surface area (Å²) in [7, 11) is 1.30. The number of rotatable bonds is 5. The van der Waals surface area contributed by atoms with Crippen molar-refractivity contribution < 1.29 is 17.9 Å². The van der Waals surface area contributed by atoms with Crippen molar-refractivity contribution in [3.05, 3.63) is 23.2 Å². The zero-order chi connectivity index (χ0) is 14.5. The number of benzene rings is 1. The van der Waals surface area contributed by atoms with Crippen molar-refractivity contribution in [1.82, 2.24) is 5.32 Å². The number of carbonyl (C=O) groups is 1. The van der Waals surface area contributed by atoms with E-state index < -0.39 is 15.0 Å². The molecule has 0 saturated carbocycles. The zero-order valence-corrected chi connectivity index (χ0v) is 11.8. The number of amides is 1. The van der Waals surface area contributed by atoms with Gasteiger partial charge in [0.1, 0.15) is 5.75 Å². The number of terminal acetylenes is 1. The molecule has 19 heavy (non-hydrogen) atoms. The molecule has 0 unspecified atom stereocenters. The molecule has 0 aliphatic carbocycles. The second-order valence-corrected chi connectivity index (χ2v) is 6.27. The highest BCUT2D eigenvalue weighted by molar-refractivity contribution is 8.13. The van der Waals surface area contributed by atoms with Gasteiger partial charge in [-0.25, -0.2) is 8.42 Å². The molecule has 1 amide bonds. The van der Waals surface area contributed by atoms with E-state index in [4.69, 9.17) is 33.4 Å². The van der Waals surface area contributed by atoms with Gasteiger partial charge in [0.2, 0.25) is 0 Å². The molecule has 102 valence electrons. The Labute approximate surface area is 120 Å². The van der Waals surface area contributed by atoms with Gasteiger partial charge < -0.3 is 10.1 Å². The molecule has 0 spiro atoms. The monoisotopic (exact) mass is 321 g/mol. The van der Waals surface area contributed by atoms with Crippen LogP contribution in [0, 0.1) is 12.3 Å². The van der Waals surface area contributed by atoms with E-state index in [2.05, 4.69) is 11.2 Å². The van der Waals surface area contributed by atoms with Gasteiger partial charge in [-0.2, -0.15) is 0 Å². The second kappa shape index (κ2) is 6.66. The van der Waals surface area contributed by atoms with Gasteiger partial charge in [-0.05, 0) is 18.2 Å². The average molecular weight is 322 g/mol. The Morgan fingerprint density at radius 2 is 2.16 bits per heavy atom. The van der Waals surface area contributed by atoms with Gasteiger partial charge in [-0.15, -0.1) is 6.42 Å². The summed E-state index contributed by atoms with van der Waals surface area (Å²) < 4.78 is 27.2. The summed E-state index contributed by atoms with van der Waals surface area (Å²) in [6, 6.07) is 3.67. The van der Waals surface area contributed by atoms with Crippen molar-refractivity contribution in [2.24, 2.45) is 0 Å². The first-order valence-electron chi connectivity index (χ1n) is 4.92. The summed E-state index contributed by atoms with van der Waals surface area (Å²) in [6.07, 6.45) is 4.97. The number of hydrogen-bond donors (Lipinski definition) is 1. The Morgan fingerprint density at radius 1 is 1.47 bits per heavy atom. The lowest BCUT2D eigenvalue weighted by atomic mass is 10.3. The number of ether oxygens (including phenoxy) is 1. The largest absolute Gasteiger partial charge is 0.482 e. The van der Waals surface area contributed by atoms with Crippen molar-refractivity contribution in [3.8, 4) is 18.1 Å². The Morgan fingerprint density at radius 3 is 2.68 bits per heavy atom. The molecule has 1 aromatic rings. The highest BCUT2D eigenvalue weighted by Gasteiger charge is 2.13. The second-order valence-electron chi connectivity index (χ2n) is 3.30. The predicted octanol–water partition coefficient (Wildman–Crippen LogP) is 1.40. The minimum atomic E-state index is -3.85. The zero-order valence-electron chi connectivity index (χ0n) is 9.52. The van der Waals surface area contributed by atoms with Crippen LogP contribution in [0.5, 0.6) is 5.75 Å². The van der Waals surface area contributed by atoms with E-state index in [1.807, 2.05) is 0 Å². The summed E-state index contributed by atoms with van der Waals surface area (Å²) in [5.74, 6) is 1.99. The number of carbonyl (C=O) groups excluding carboxylic acids is 1. The van der Waals surface area contributed by atoms with Crippen LogP contribution in [-0.2, 0) is 13.8 Å². The van der Waals surface area contributed by atoms with Gasteiger partial charge in [-0.3, -0.25) is 4.79 Å². The molecule has 5 nitrogen and oxygen atoms in total. The predicted molar refractivity (Wildman–Crippen MR) is 71.8 cm³/mol. The van der Waals surface area contributed by atoms with Crippen LogP contribution in [0.3, 0.4) is 0 Å². The van der Waals surface area contributed by atoms with Gasteiger partial charge >= 0.3 is 0 Å². The lowest BCUT2D eigenvalue weighted by Gasteiger charge is -2.08. The molecule has 1 rings (SSSR count). The number of nitrogens with one attached hydrogen (secondary N) is 1. The molecule has 0 aromatic heterocycles. The quantitative estimate of drug-likeness (QED) is 0.657. The van der Waals surface area contributed by atoms with Crippen molar-refractivity contribution in [3.63, 3.8) is 0 Å². The van der Waals surface area contributed by atoms with E-state index in [1.165, 1.54) is 12.1 Å². The van der Waals surface area contributed by atoms with Crippen LogP contribution in [0.1, 0.15) is 0 Å². The van der Waals surface area contributed by atoms with Crippen LogP contribution in [0.2, 0.25) is 5.02 Å².